The van der Waals surface area contributed by atoms with Gasteiger partial charge in [0.25, 0.3) is 5.91 Å². The first-order valence-electron chi connectivity index (χ1n) is 16.7. The molecule has 1 aliphatic heterocycles. The predicted molar refractivity (Wildman–Crippen MR) is 184 cm³/mol. The van der Waals surface area contributed by atoms with Crippen LogP contribution in [0.4, 0.5) is 39.9 Å². The van der Waals surface area contributed by atoms with Gasteiger partial charge < -0.3 is 15.8 Å². The first-order chi connectivity index (χ1) is 26.0. The van der Waals surface area contributed by atoms with Crippen LogP contribution in [0.25, 0.3) is 22.5 Å². The van der Waals surface area contributed by atoms with Gasteiger partial charge in [-0.05, 0) is 53.5 Å². The topological polar surface area (TPSA) is 154 Å². The third-order valence-electron chi connectivity index (χ3n) is 9.20. The van der Waals surface area contributed by atoms with Gasteiger partial charge in [-0.1, -0.05) is 62.7 Å². The van der Waals surface area contributed by atoms with Gasteiger partial charge in [-0.2, -0.15) is 44.9 Å². The number of hydrogen-bond acceptors (Lipinski definition) is 9. The smallest absolute Gasteiger partial charge is 0.447 e. The van der Waals surface area contributed by atoms with Crippen molar-refractivity contribution >= 4 is 29.6 Å². The molecule has 21 heteroatoms. The number of nitrogens with two attached hydrogens (primary N) is 1. The van der Waals surface area contributed by atoms with Crippen molar-refractivity contribution in [1.82, 2.24) is 34.9 Å². The fourth-order valence-corrected chi connectivity index (χ4v) is 6.66. The van der Waals surface area contributed by atoms with Gasteiger partial charge in [0, 0.05) is 23.5 Å². The Kier molecular flexibility index (Phi) is 10.3. The van der Waals surface area contributed by atoms with E-state index in [1.54, 1.807) is 0 Å². The Morgan fingerprint density at radius 1 is 0.982 bits per heavy atom. The number of alkyl halides is 8. The van der Waals surface area contributed by atoms with E-state index in [9.17, 15) is 44.7 Å². The SMILES string of the molecule is CC(C)(C)C[C@]1(c2ccc(-c3cnc(C(F)(F)F)nc3)cc2)N=C(N)N(C(COC(=O)NC2(C(F)(F)F)CC2)c2ccc(Cl)c(-c3ncnn3C(F)F)c2)C1=O. The fraction of sp³-hybridized carbons (Fsp3) is 0.400. The molecule has 56 heavy (non-hydrogen) atoms. The van der Waals surface area contributed by atoms with Crippen molar-refractivity contribution in [3.05, 3.63) is 83.2 Å². The highest BCUT2D eigenvalue weighted by molar-refractivity contribution is 6.33. The summed E-state index contributed by atoms with van der Waals surface area (Å²) in [6.07, 6.45) is -8.79. The highest BCUT2D eigenvalue weighted by Gasteiger charge is 2.64. The Morgan fingerprint density at radius 2 is 1.62 bits per heavy atom. The van der Waals surface area contributed by atoms with Crippen molar-refractivity contribution in [3.63, 3.8) is 0 Å². The van der Waals surface area contributed by atoms with E-state index >= 15 is 0 Å². The molecule has 0 bridgehead atoms. The van der Waals surface area contributed by atoms with Crippen LogP contribution in [-0.4, -0.2) is 65.9 Å². The number of aromatic nitrogens is 5. The summed E-state index contributed by atoms with van der Waals surface area (Å²) in [7, 11) is 0. The number of nitrogens with one attached hydrogen (secondary N) is 1. The fourth-order valence-electron chi connectivity index (χ4n) is 6.45. The van der Waals surface area contributed by atoms with E-state index in [-0.39, 0.29) is 52.8 Å². The van der Waals surface area contributed by atoms with E-state index in [1.807, 2.05) is 26.1 Å². The van der Waals surface area contributed by atoms with Crippen LogP contribution < -0.4 is 11.1 Å². The van der Waals surface area contributed by atoms with Crippen molar-refractivity contribution < 1.29 is 49.4 Å². The Balaban J connectivity index is 1.39. The lowest BCUT2D eigenvalue weighted by molar-refractivity contribution is -0.164. The van der Waals surface area contributed by atoms with Crippen molar-refractivity contribution in [3.8, 4) is 22.5 Å². The van der Waals surface area contributed by atoms with Gasteiger partial charge in [0.05, 0.1) is 11.1 Å². The van der Waals surface area contributed by atoms with Gasteiger partial charge in [0.1, 0.15) is 18.5 Å². The van der Waals surface area contributed by atoms with Crippen LogP contribution in [0.3, 0.4) is 0 Å². The first kappa shape index (κ1) is 40.3. The van der Waals surface area contributed by atoms with Crippen LogP contribution in [0.5, 0.6) is 0 Å². The zero-order valence-electron chi connectivity index (χ0n) is 29.6. The van der Waals surface area contributed by atoms with Crippen LogP contribution in [0.1, 0.15) is 69.6 Å². The standard InChI is InChI=1S/C35H32ClF8N9O3/c1-31(2,3)16-33(21-7-4-18(5-8-21)20-13-46-26(47-14-20)34(39,40)41)27(54)52(29(45)50-33)24(15-56-30(55)51-32(10-11-32)35(42,43)44)19-6-9-23(36)22(12-19)25-48-17-49-53(25)28(37)38/h4-9,12-14,17,24,28H,10-11,15-16H2,1-3H3,(H2,45,50)(H,51,55)/t24?,33-/m1/s1. The second-order valence-corrected chi connectivity index (χ2v) is 14.9. The maximum atomic E-state index is 14.9. The maximum absolute atomic E-state index is 14.9. The zero-order chi connectivity index (χ0) is 41.0. The molecule has 298 valence electrons. The van der Waals surface area contributed by atoms with E-state index in [1.165, 1.54) is 42.5 Å². The van der Waals surface area contributed by atoms with Crippen LogP contribution in [0.15, 0.2) is 66.2 Å². The number of carbonyl (C=O) groups is 2. The number of hydrogen-bond donors (Lipinski definition) is 2. The first-order valence-corrected chi connectivity index (χ1v) is 17.1. The summed E-state index contributed by atoms with van der Waals surface area (Å²) in [6.45, 7) is 1.57. The minimum Gasteiger partial charge on any atom is -0.447 e. The lowest BCUT2D eigenvalue weighted by atomic mass is 9.75. The number of carbonyl (C=O) groups excluding carboxylic acids is 2. The number of ether oxygens (including phenoxy) is 1. The number of aliphatic imine (C=N–C) groups is 1. The Bertz CT molecular complexity index is 2150. The van der Waals surface area contributed by atoms with Gasteiger partial charge in [-0.3, -0.25) is 9.69 Å². The number of alkyl carbamates (subject to hydrolysis) is 1. The summed E-state index contributed by atoms with van der Waals surface area (Å²) in [4.78, 5) is 44.1. The summed E-state index contributed by atoms with van der Waals surface area (Å²) in [6, 6.07) is 8.65. The summed E-state index contributed by atoms with van der Waals surface area (Å²) in [5.74, 6) is -2.81. The molecule has 3 heterocycles. The van der Waals surface area contributed by atoms with E-state index in [2.05, 4.69) is 25.0 Å². The summed E-state index contributed by atoms with van der Waals surface area (Å²) < 4.78 is 113. The molecule has 0 spiro atoms. The number of halogens is 9. The third-order valence-corrected chi connectivity index (χ3v) is 9.53. The van der Waals surface area contributed by atoms with Crippen molar-refractivity contribution in [1.29, 1.82) is 0 Å². The molecule has 0 radical (unpaired) electrons. The molecule has 2 aliphatic rings. The van der Waals surface area contributed by atoms with Gasteiger partial charge in [0.2, 0.25) is 5.82 Å². The molecule has 1 aliphatic carbocycles. The van der Waals surface area contributed by atoms with Gasteiger partial charge in [-0.25, -0.2) is 24.7 Å². The third kappa shape index (κ3) is 7.83. The second-order valence-electron chi connectivity index (χ2n) is 14.5. The van der Waals surface area contributed by atoms with E-state index in [0.29, 0.717) is 15.8 Å². The molecule has 4 aromatic rings. The average Bonchev–Trinajstić information content (AvgIpc) is 3.66. The number of guanidine groups is 1. The molecule has 1 saturated carbocycles. The van der Waals surface area contributed by atoms with Crippen LogP contribution >= 0.6 is 11.6 Å². The average molecular weight is 814 g/mol. The monoisotopic (exact) mass is 813 g/mol. The molecule has 1 fully saturated rings. The number of nitrogens with zero attached hydrogens (tertiary/aromatic N) is 7. The molecule has 2 aromatic heterocycles. The highest BCUT2D eigenvalue weighted by atomic mass is 35.5. The van der Waals surface area contributed by atoms with Gasteiger partial charge in [0.15, 0.2) is 17.3 Å². The maximum Gasteiger partial charge on any atom is 0.451 e. The minimum atomic E-state index is -4.76. The lowest BCUT2D eigenvalue weighted by Crippen LogP contribution is -2.50. The summed E-state index contributed by atoms with van der Waals surface area (Å²) in [5.41, 5.74) is 2.62. The predicted octanol–water partition coefficient (Wildman–Crippen LogP) is 7.82. The summed E-state index contributed by atoms with van der Waals surface area (Å²) in [5, 5.41) is 5.32. The van der Waals surface area contributed by atoms with Crippen molar-refractivity contribution in [2.75, 3.05) is 6.61 Å². The normalized spacial score (nSPS) is 18.9. The van der Waals surface area contributed by atoms with Gasteiger partial charge in [-0.15, -0.1) is 0 Å². The highest BCUT2D eigenvalue weighted by Crippen LogP contribution is 2.49. The van der Waals surface area contributed by atoms with Crippen molar-refractivity contribution in [2.24, 2.45) is 16.1 Å². The molecule has 2 amide bonds. The number of amides is 2. The number of benzene rings is 2. The molecular formula is C35H32ClF8N9O3. The molecule has 2 atom stereocenters. The van der Waals surface area contributed by atoms with E-state index in [0.717, 1.165) is 23.6 Å². The molecule has 6 rings (SSSR count). The van der Waals surface area contributed by atoms with Crippen molar-refractivity contribution in [2.45, 2.75) is 76.1 Å². The number of rotatable bonds is 10. The van der Waals surface area contributed by atoms with Gasteiger partial charge >= 0.3 is 25.0 Å². The van der Waals surface area contributed by atoms with Crippen LogP contribution in [-0.2, 0) is 21.2 Å². The molecule has 12 nitrogen and oxygen atoms in total. The lowest BCUT2D eigenvalue weighted by Gasteiger charge is -2.35. The molecule has 2 aromatic carbocycles. The molecule has 1 unspecified atom stereocenters. The molecule has 0 saturated heterocycles. The van der Waals surface area contributed by atoms with E-state index < -0.39 is 65.9 Å². The Labute approximate surface area is 318 Å². The molecular weight excluding hydrogens is 782 g/mol. The molecule has 3 N–H and O–H groups in total. The Morgan fingerprint density at radius 3 is 2.18 bits per heavy atom. The van der Waals surface area contributed by atoms with Crippen LogP contribution in [0.2, 0.25) is 5.02 Å². The second kappa shape index (κ2) is 14.3. The van der Waals surface area contributed by atoms with E-state index in [4.69, 9.17) is 22.1 Å². The Hall–Kier alpha value is -5.40. The summed E-state index contributed by atoms with van der Waals surface area (Å²) >= 11 is 6.40. The van der Waals surface area contributed by atoms with Crippen LogP contribution in [0, 0.1) is 5.41 Å². The zero-order valence-corrected chi connectivity index (χ0v) is 30.3. The largest absolute Gasteiger partial charge is 0.451 e. The quantitative estimate of drug-likeness (QED) is 0.154. The minimum absolute atomic E-state index is 0.0320.